The second kappa shape index (κ2) is 8.36. The molecule has 2 rings (SSSR count). The van der Waals surface area contributed by atoms with Crippen molar-refractivity contribution >= 4 is 6.09 Å². The van der Waals surface area contributed by atoms with Gasteiger partial charge in [-0.25, -0.2) is 4.79 Å². The van der Waals surface area contributed by atoms with Crippen molar-refractivity contribution in [2.24, 2.45) is 11.8 Å². The minimum atomic E-state index is -0.397. The first kappa shape index (κ1) is 18.6. The summed E-state index contributed by atoms with van der Waals surface area (Å²) in [6.45, 7) is 10.9. The Bertz CT molecular complexity index is 370. The fourth-order valence-corrected chi connectivity index (χ4v) is 3.83. The van der Waals surface area contributed by atoms with E-state index in [2.05, 4.69) is 12.2 Å². The number of rotatable bonds is 4. The molecule has 4 nitrogen and oxygen atoms in total. The molecule has 2 unspecified atom stereocenters. The van der Waals surface area contributed by atoms with E-state index in [9.17, 15) is 4.79 Å². The summed E-state index contributed by atoms with van der Waals surface area (Å²) >= 11 is 0. The van der Waals surface area contributed by atoms with Gasteiger partial charge in [0, 0.05) is 19.1 Å². The normalized spacial score (nSPS) is 27.0. The molecular formula is C19H36N2O2. The molecular weight excluding hydrogens is 288 g/mol. The third-order valence-electron chi connectivity index (χ3n) is 5.32. The molecule has 1 saturated heterocycles. The maximum Gasteiger partial charge on any atom is 0.410 e. The second-order valence-electron chi connectivity index (χ2n) is 8.46. The predicted molar refractivity (Wildman–Crippen MR) is 94.6 cm³/mol. The predicted octanol–water partition coefficient (Wildman–Crippen LogP) is 4.19. The highest BCUT2D eigenvalue weighted by atomic mass is 16.6. The topological polar surface area (TPSA) is 41.6 Å². The van der Waals surface area contributed by atoms with Crippen molar-refractivity contribution in [1.82, 2.24) is 10.2 Å². The molecule has 1 saturated carbocycles. The molecule has 23 heavy (non-hydrogen) atoms. The molecule has 0 aromatic heterocycles. The Balaban J connectivity index is 1.66. The number of likely N-dealkylation sites (tertiary alicyclic amines) is 1. The van der Waals surface area contributed by atoms with E-state index in [-0.39, 0.29) is 6.09 Å². The zero-order valence-corrected chi connectivity index (χ0v) is 15.6. The van der Waals surface area contributed by atoms with E-state index in [4.69, 9.17) is 4.74 Å². The third kappa shape index (κ3) is 6.33. The summed E-state index contributed by atoms with van der Waals surface area (Å²) in [7, 11) is 0. The average Bonchev–Trinajstić information content (AvgIpc) is 2.52. The number of nitrogens with zero attached hydrogens (tertiary/aromatic N) is 1. The highest BCUT2D eigenvalue weighted by Gasteiger charge is 2.27. The smallest absolute Gasteiger partial charge is 0.410 e. The van der Waals surface area contributed by atoms with Crippen LogP contribution in [0.3, 0.4) is 0 Å². The highest BCUT2D eigenvalue weighted by Crippen LogP contribution is 2.27. The van der Waals surface area contributed by atoms with E-state index in [1.165, 1.54) is 32.1 Å². The second-order valence-corrected chi connectivity index (χ2v) is 8.46. The molecule has 134 valence electrons. The van der Waals surface area contributed by atoms with Gasteiger partial charge < -0.3 is 15.0 Å². The van der Waals surface area contributed by atoms with Gasteiger partial charge in [-0.3, -0.25) is 0 Å². The fourth-order valence-electron chi connectivity index (χ4n) is 3.83. The lowest BCUT2D eigenvalue weighted by Crippen LogP contribution is -2.44. The number of carbonyl (C=O) groups is 1. The van der Waals surface area contributed by atoms with Crippen molar-refractivity contribution in [3.8, 4) is 0 Å². The van der Waals surface area contributed by atoms with Crippen LogP contribution in [0.5, 0.6) is 0 Å². The molecule has 2 aliphatic rings. The lowest BCUT2D eigenvalue weighted by molar-refractivity contribution is 0.0182. The van der Waals surface area contributed by atoms with Crippen LogP contribution in [0.2, 0.25) is 0 Å². The van der Waals surface area contributed by atoms with Crippen molar-refractivity contribution in [3.63, 3.8) is 0 Å². The first-order valence-electron chi connectivity index (χ1n) is 9.58. The molecule has 1 amide bonds. The van der Waals surface area contributed by atoms with Crippen molar-refractivity contribution in [2.75, 3.05) is 19.6 Å². The lowest BCUT2D eigenvalue weighted by atomic mass is 9.84. The van der Waals surface area contributed by atoms with Crippen LogP contribution in [0.4, 0.5) is 4.79 Å². The molecule has 0 aromatic rings. The standard InChI is InChI=1S/C19H36N2O2/c1-5-15-7-6-8-17(13-15)20-14-16-9-11-21(12-10-16)18(22)23-19(2,3)4/h15-17,20H,5-14H2,1-4H3. The van der Waals surface area contributed by atoms with Crippen LogP contribution in [0.15, 0.2) is 0 Å². The van der Waals surface area contributed by atoms with Crippen molar-refractivity contribution in [1.29, 1.82) is 0 Å². The molecule has 0 spiro atoms. The van der Waals surface area contributed by atoms with Gasteiger partial charge in [-0.1, -0.05) is 26.2 Å². The molecule has 0 radical (unpaired) electrons. The Morgan fingerprint density at radius 3 is 2.43 bits per heavy atom. The number of hydrogen-bond donors (Lipinski definition) is 1. The highest BCUT2D eigenvalue weighted by molar-refractivity contribution is 5.68. The summed E-state index contributed by atoms with van der Waals surface area (Å²) in [5.41, 5.74) is -0.397. The number of ether oxygens (including phenoxy) is 1. The first-order valence-corrected chi connectivity index (χ1v) is 9.58. The van der Waals surface area contributed by atoms with Gasteiger partial charge in [0.2, 0.25) is 0 Å². The Morgan fingerprint density at radius 2 is 1.83 bits per heavy atom. The van der Waals surface area contributed by atoms with Crippen LogP contribution in [-0.4, -0.2) is 42.3 Å². The number of nitrogens with one attached hydrogen (secondary N) is 1. The Morgan fingerprint density at radius 1 is 1.13 bits per heavy atom. The van der Waals surface area contributed by atoms with E-state index >= 15 is 0 Å². The molecule has 1 heterocycles. The minimum Gasteiger partial charge on any atom is -0.444 e. The van der Waals surface area contributed by atoms with Gasteiger partial charge in [0.25, 0.3) is 0 Å². The van der Waals surface area contributed by atoms with Crippen molar-refractivity contribution in [3.05, 3.63) is 0 Å². The van der Waals surface area contributed by atoms with Gasteiger partial charge in [-0.2, -0.15) is 0 Å². The summed E-state index contributed by atoms with van der Waals surface area (Å²) in [5, 5.41) is 3.80. The van der Waals surface area contributed by atoms with E-state index in [0.29, 0.717) is 5.92 Å². The fraction of sp³-hybridized carbons (Fsp3) is 0.947. The SMILES string of the molecule is CCC1CCCC(NCC2CCN(C(=O)OC(C)(C)C)CC2)C1. The number of hydrogen-bond acceptors (Lipinski definition) is 3. The minimum absolute atomic E-state index is 0.151. The Labute approximate surface area is 142 Å². The first-order chi connectivity index (χ1) is 10.9. The number of amides is 1. The van der Waals surface area contributed by atoms with Crippen molar-refractivity contribution in [2.45, 2.75) is 84.3 Å². The number of piperidine rings is 1. The van der Waals surface area contributed by atoms with Gasteiger partial charge in [-0.05, 0) is 64.8 Å². The van der Waals surface area contributed by atoms with E-state index in [0.717, 1.165) is 44.4 Å². The zero-order valence-electron chi connectivity index (χ0n) is 15.6. The molecule has 2 atom stereocenters. The third-order valence-corrected chi connectivity index (χ3v) is 5.32. The summed E-state index contributed by atoms with van der Waals surface area (Å²) in [4.78, 5) is 14.0. The van der Waals surface area contributed by atoms with Gasteiger partial charge in [0.15, 0.2) is 0 Å². The quantitative estimate of drug-likeness (QED) is 0.843. The monoisotopic (exact) mass is 324 g/mol. The summed E-state index contributed by atoms with van der Waals surface area (Å²) in [6.07, 6.45) is 8.86. The van der Waals surface area contributed by atoms with Crippen LogP contribution in [-0.2, 0) is 4.74 Å². The van der Waals surface area contributed by atoms with Gasteiger partial charge in [0.05, 0.1) is 0 Å². The largest absolute Gasteiger partial charge is 0.444 e. The van der Waals surface area contributed by atoms with E-state index < -0.39 is 5.60 Å². The molecule has 1 aliphatic heterocycles. The maximum atomic E-state index is 12.1. The van der Waals surface area contributed by atoms with Crippen molar-refractivity contribution < 1.29 is 9.53 Å². The van der Waals surface area contributed by atoms with E-state index in [1.54, 1.807) is 0 Å². The zero-order chi connectivity index (χ0) is 16.9. The average molecular weight is 325 g/mol. The van der Waals surface area contributed by atoms with Crippen LogP contribution >= 0.6 is 0 Å². The number of carbonyl (C=O) groups excluding carboxylic acids is 1. The Kier molecular flexibility index (Phi) is 6.75. The van der Waals surface area contributed by atoms with E-state index in [1.807, 2.05) is 25.7 Å². The summed E-state index contributed by atoms with van der Waals surface area (Å²) in [6, 6.07) is 0.720. The molecule has 2 fully saturated rings. The molecule has 0 bridgehead atoms. The molecule has 4 heteroatoms. The van der Waals surface area contributed by atoms with Gasteiger partial charge in [0.1, 0.15) is 5.60 Å². The summed E-state index contributed by atoms with van der Waals surface area (Å²) < 4.78 is 5.46. The summed E-state index contributed by atoms with van der Waals surface area (Å²) in [5.74, 6) is 1.63. The van der Waals surface area contributed by atoms with Crippen LogP contribution in [0.25, 0.3) is 0 Å². The molecule has 1 aliphatic carbocycles. The Hall–Kier alpha value is -0.770. The van der Waals surface area contributed by atoms with Gasteiger partial charge in [-0.15, -0.1) is 0 Å². The van der Waals surface area contributed by atoms with Gasteiger partial charge >= 0.3 is 6.09 Å². The maximum absolute atomic E-state index is 12.1. The molecule has 0 aromatic carbocycles. The molecule has 1 N–H and O–H groups in total. The van der Waals surface area contributed by atoms with Crippen LogP contribution in [0.1, 0.15) is 72.6 Å². The van der Waals surface area contributed by atoms with Crippen LogP contribution in [0, 0.1) is 11.8 Å². The van der Waals surface area contributed by atoms with Crippen LogP contribution < -0.4 is 5.32 Å². The lowest BCUT2D eigenvalue weighted by Gasteiger charge is -2.35.